The van der Waals surface area contributed by atoms with Crippen LogP contribution in [0.2, 0.25) is 0 Å². The quantitative estimate of drug-likeness (QED) is 0.725. The van der Waals surface area contributed by atoms with Crippen LogP contribution >= 0.6 is 0 Å². The van der Waals surface area contributed by atoms with E-state index < -0.39 is 0 Å². The van der Waals surface area contributed by atoms with Crippen LogP contribution < -0.4 is 15.4 Å². The molecular weight excluding hydrogens is 420 g/mol. The standard InChI is InChI=1S/C25H30N4O4/c1-33-22-7-3-2-6-21(22)27-24(31)18-8-10-20(11-9-18)26-23(30)19-12-16-29(17-13-19)25(32)28-14-4-5-15-28/h2-3,6-11,19H,4-5,12-17H2,1H3,(H,26,30)(H,27,31). The summed E-state index contributed by atoms with van der Waals surface area (Å²) in [4.78, 5) is 41.6. The number of piperidine rings is 1. The largest absolute Gasteiger partial charge is 0.495 e. The Hall–Kier alpha value is -3.55. The molecule has 8 nitrogen and oxygen atoms in total. The summed E-state index contributed by atoms with van der Waals surface area (Å²) in [6, 6.07) is 14.1. The van der Waals surface area contributed by atoms with E-state index in [4.69, 9.17) is 4.74 Å². The Bertz CT molecular complexity index is 994. The van der Waals surface area contributed by atoms with Crippen molar-refractivity contribution < 1.29 is 19.1 Å². The summed E-state index contributed by atoms with van der Waals surface area (Å²) in [6.45, 7) is 2.89. The fourth-order valence-electron chi connectivity index (χ4n) is 4.33. The number of carbonyl (C=O) groups excluding carboxylic acids is 3. The molecule has 2 aliphatic heterocycles. The van der Waals surface area contributed by atoms with Crippen LogP contribution in [0.3, 0.4) is 0 Å². The molecule has 2 aliphatic rings. The van der Waals surface area contributed by atoms with Gasteiger partial charge in [-0.2, -0.15) is 0 Å². The van der Waals surface area contributed by atoms with Crippen LogP contribution in [0.15, 0.2) is 48.5 Å². The number of amides is 4. The second-order valence-electron chi connectivity index (χ2n) is 8.46. The summed E-state index contributed by atoms with van der Waals surface area (Å²) in [7, 11) is 1.55. The van der Waals surface area contributed by atoms with Crippen LogP contribution in [-0.4, -0.2) is 60.9 Å². The van der Waals surface area contributed by atoms with Gasteiger partial charge in [0, 0.05) is 43.3 Å². The maximum Gasteiger partial charge on any atom is 0.319 e. The SMILES string of the molecule is COc1ccccc1NC(=O)c1ccc(NC(=O)C2CCN(C(=O)N3CCCC3)CC2)cc1. The fourth-order valence-corrected chi connectivity index (χ4v) is 4.33. The van der Waals surface area contributed by atoms with E-state index in [-0.39, 0.29) is 23.8 Å². The van der Waals surface area contributed by atoms with Gasteiger partial charge in [0.1, 0.15) is 5.75 Å². The van der Waals surface area contributed by atoms with Crippen molar-refractivity contribution >= 4 is 29.2 Å². The Morgan fingerprint density at radius 1 is 0.848 bits per heavy atom. The van der Waals surface area contributed by atoms with E-state index in [0.29, 0.717) is 48.6 Å². The van der Waals surface area contributed by atoms with E-state index in [0.717, 1.165) is 25.9 Å². The maximum atomic E-state index is 12.7. The van der Waals surface area contributed by atoms with Crippen molar-refractivity contribution in [2.45, 2.75) is 25.7 Å². The molecule has 0 aliphatic carbocycles. The van der Waals surface area contributed by atoms with Crippen molar-refractivity contribution in [3.05, 3.63) is 54.1 Å². The smallest absolute Gasteiger partial charge is 0.319 e. The number of nitrogens with zero attached hydrogens (tertiary/aromatic N) is 2. The van der Waals surface area contributed by atoms with E-state index in [1.807, 2.05) is 21.9 Å². The Morgan fingerprint density at radius 3 is 2.15 bits per heavy atom. The summed E-state index contributed by atoms with van der Waals surface area (Å²) >= 11 is 0. The molecule has 8 heteroatoms. The lowest BCUT2D eigenvalue weighted by molar-refractivity contribution is -0.121. The number of likely N-dealkylation sites (tertiary alicyclic amines) is 2. The maximum absolute atomic E-state index is 12.7. The highest BCUT2D eigenvalue weighted by molar-refractivity contribution is 6.05. The molecule has 2 aromatic rings. The number of anilines is 2. The molecule has 2 aromatic carbocycles. The van der Waals surface area contributed by atoms with Crippen molar-refractivity contribution in [1.29, 1.82) is 0 Å². The number of urea groups is 1. The highest BCUT2D eigenvalue weighted by Gasteiger charge is 2.30. The molecule has 0 unspecified atom stereocenters. The number of nitrogens with one attached hydrogen (secondary N) is 2. The molecule has 174 valence electrons. The lowest BCUT2D eigenvalue weighted by atomic mass is 9.96. The average Bonchev–Trinajstić information content (AvgIpc) is 3.39. The zero-order valence-electron chi connectivity index (χ0n) is 18.9. The summed E-state index contributed by atoms with van der Waals surface area (Å²) in [5.74, 6) is 0.158. The monoisotopic (exact) mass is 450 g/mol. The zero-order valence-corrected chi connectivity index (χ0v) is 18.9. The van der Waals surface area contributed by atoms with Gasteiger partial charge in [-0.3, -0.25) is 9.59 Å². The van der Waals surface area contributed by atoms with Gasteiger partial charge in [0.25, 0.3) is 5.91 Å². The van der Waals surface area contributed by atoms with Crippen molar-refractivity contribution in [2.24, 2.45) is 5.92 Å². The van der Waals surface area contributed by atoms with Gasteiger partial charge in [-0.25, -0.2) is 4.79 Å². The second-order valence-corrected chi connectivity index (χ2v) is 8.46. The van der Waals surface area contributed by atoms with Crippen LogP contribution in [0, 0.1) is 5.92 Å². The highest BCUT2D eigenvalue weighted by Crippen LogP contribution is 2.25. The van der Waals surface area contributed by atoms with Crippen molar-refractivity contribution in [3.63, 3.8) is 0 Å². The van der Waals surface area contributed by atoms with Gasteiger partial charge in [-0.05, 0) is 62.1 Å². The zero-order chi connectivity index (χ0) is 23.2. The van der Waals surface area contributed by atoms with Crippen LogP contribution in [0.4, 0.5) is 16.2 Å². The third kappa shape index (κ3) is 5.45. The average molecular weight is 451 g/mol. The Kier molecular flexibility index (Phi) is 7.12. The summed E-state index contributed by atoms with van der Waals surface area (Å²) in [5, 5.41) is 5.78. The minimum Gasteiger partial charge on any atom is -0.495 e. The third-order valence-electron chi connectivity index (χ3n) is 6.28. The van der Waals surface area contributed by atoms with Gasteiger partial charge in [-0.1, -0.05) is 12.1 Å². The minimum absolute atomic E-state index is 0.0468. The number of benzene rings is 2. The summed E-state index contributed by atoms with van der Waals surface area (Å²) in [5.41, 5.74) is 1.72. The lowest BCUT2D eigenvalue weighted by Gasteiger charge is -2.34. The summed E-state index contributed by atoms with van der Waals surface area (Å²) < 4.78 is 5.26. The highest BCUT2D eigenvalue weighted by atomic mass is 16.5. The number of ether oxygens (including phenoxy) is 1. The molecule has 2 fully saturated rings. The Balaban J connectivity index is 1.28. The molecule has 0 aromatic heterocycles. The Morgan fingerprint density at radius 2 is 1.48 bits per heavy atom. The van der Waals surface area contributed by atoms with Gasteiger partial charge in [0.2, 0.25) is 5.91 Å². The molecule has 2 saturated heterocycles. The van der Waals surface area contributed by atoms with E-state index in [2.05, 4.69) is 10.6 Å². The molecule has 2 N–H and O–H groups in total. The second kappa shape index (κ2) is 10.4. The van der Waals surface area contributed by atoms with Crippen LogP contribution in [0.1, 0.15) is 36.0 Å². The topological polar surface area (TPSA) is 91.0 Å². The van der Waals surface area contributed by atoms with Gasteiger partial charge in [0.15, 0.2) is 0 Å². The first-order chi connectivity index (χ1) is 16.0. The molecule has 0 saturated carbocycles. The van der Waals surface area contributed by atoms with E-state index in [1.165, 1.54) is 0 Å². The molecule has 0 atom stereocenters. The number of hydrogen-bond donors (Lipinski definition) is 2. The molecule has 0 spiro atoms. The van der Waals surface area contributed by atoms with Crippen molar-refractivity contribution in [2.75, 3.05) is 43.9 Å². The first-order valence-corrected chi connectivity index (χ1v) is 11.4. The van der Waals surface area contributed by atoms with Gasteiger partial charge < -0.3 is 25.2 Å². The number of methoxy groups -OCH3 is 1. The van der Waals surface area contributed by atoms with E-state index in [9.17, 15) is 14.4 Å². The lowest BCUT2D eigenvalue weighted by Crippen LogP contribution is -2.47. The normalized spacial score (nSPS) is 16.4. The van der Waals surface area contributed by atoms with Crippen molar-refractivity contribution in [1.82, 2.24) is 9.80 Å². The minimum atomic E-state index is -0.257. The molecule has 33 heavy (non-hydrogen) atoms. The number of carbonyl (C=O) groups is 3. The van der Waals surface area contributed by atoms with Crippen molar-refractivity contribution in [3.8, 4) is 5.75 Å². The predicted octanol–water partition coefficient (Wildman–Crippen LogP) is 3.81. The van der Waals surface area contributed by atoms with Crippen LogP contribution in [0.25, 0.3) is 0 Å². The van der Waals surface area contributed by atoms with Crippen LogP contribution in [0.5, 0.6) is 5.75 Å². The van der Waals surface area contributed by atoms with E-state index in [1.54, 1.807) is 43.5 Å². The van der Waals surface area contributed by atoms with Crippen LogP contribution in [-0.2, 0) is 4.79 Å². The first-order valence-electron chi connectivity index (χ1n) is 11.4. The fraction of sp³-hybridized carbons (Fsp3) is 0.400. The molecule has 0 bridgehead atoms. The molecule has 4 rings (SSSR count). The molecule has 0 radical (unpaired) electrons. The Labute approximate surface area is 193 Å². The number of para-hydroxylation sites is 2. The number of rotatable bonds is 5. The molecular formula is C25H30N4O4. The predicted molar refractivity (Wildman–Crippen MR) is 127 cm³/mol. The third-order valence-corrected chi connectivity index (χ3v) is 6.28. The van der Waals surface area contributed by atoms with Gasteiger partial charge in [-0.15, -0.1) is 0 Å². The van der Waals surface area contributed by atoms with E-state index >= 15 is 0 Å². The van der Waals surface area contributed by atoms with Gasteiger partial charge in [0.05, 0.1) is 12.8 Å². The molecule has 2 heterocycles. The van der Waals surface area contributed by atoms with Gasteiger partial charge >= 0.3 is 6.03 Å². The summed E-state index contributed by atoms with van der Waals surface area (Å²) in [6.07, 6.45) is 3.46. The molecule has 4 amide bonds. The number of hydrogen-bond acceptors (Lipinski definition) is 4. The first kappa shape index (κ1) is 22.6.